The molecule has 1 amide bonds. The molecule has 0 aliphatic carbocycles. The smallest absolute Gasteiger partial charge is 0.262 e. The molecule has 1 aromatic heterocycles. The number of nitrogens with one attached hydrogen (secondary N) is 1. The number of ether oxygens (including phenoxy) is 4. The summed E-state index contributed by atoms with van der Waals surface area (Å²) in [6, 6.07) is 10.8. The molecule has 188 valence electrons. The van der Waals surface area contributed by atoms with Crippen LogP contribution in [0.5, 0.6) is 17.2 Å². The van der Waals surface area contributed by atoms with Gasteiger partial charge in [0.15, 0.2) is 16.7 Å². The van der Waals surface area contributed by atoms with Crippen LogP contribution in [0, 0.1) is 0 Å². The molecular weight excluding hydrogens is 470 g/mol. The van der Waals surface area contributed by atoms with E-state index in [1.54, 1.807) is 30.9 Å². The second-order valence-corrected chi connectivity index (χ2v) is 8.83. The third-order valence-electron chi connectivity index (χ3n) is 5.44. The van der Waals surface area contributed by atoms with Gasteiger partial charge in [0.05, 0.1) is 50.6 Å². The molecule has 9 nitrogen and oxygen atoms in total. The van der Waals surface area contributed by atoms with E-state index in [9.17, 15) is 9.59 Å². The van der Waals surface area contributed by atoms with Crippen molar-refractivity contribution in [1.29, 1.82) is 0 Å². The van der Waals surface area contributed by atoms with Crippen molar-refractivity contribution in [2.45, 2.75) is 30.3 Å². The minimum Gasteiger partial charge on any atom is -0.497 e. The van der Waals surface area contributed by atoms with E-state index in [0.717, 1.165) is 11.3 Å². The molecule has 3 aromatic rings. The molecule has 35 heavy (non-hydrogen) atoms. The second kappa shape index (κ2) is 12.5. The maximum atomic E-state index is 13.7. The molecule has 0 radical (unpaired) electrons. The average Bonchev–Trinajstić information content (AvgIpc) is 2.88. The molecule has 0 saturated heterocycles. The topological polar surface area (TPSA) is 101 Å². The number of nitrogens with zero attached hydrogens (tertiary/aromatic N) is 2. The van der Waals surface area contributed by atoms with Crippen LogP contribution in [0.15, 0.2) is 46.3 Å². The molecular formula is C25H31N3O6S. The first-order valence-electron chi connectivity index (χ1n) is 11.2. The number of carbonyl (C=O) groups excluding carboxylic acids is 1. The van der Waals surface area contributed by atoms with Crippen LogP contribution in [0.2, 0.25) is 0 Å². The van der Waals surface area contributed by atoms with Crippen LogP contribution >= 0.6 is 11.8 Å². The van der Waals surface area contributed by atoms with Crippen molar-refractivity contribution >= 4 is 28.6 Å². The summed E-state index contributed by atoms with van der Waals surface area (Å²) in [5, 5.41) is 3.28. The Morgan fingerprint density at radius 1 is 1.06 bits per heavy atom. The van der Waals surface area contributed by atoms with Gasteiger partial charge < -0.3 is 24.3 Å². The molecule has 0 unspecified atom stereocenters. The summed E-state index contributed by atoms with van der Waals surface area (Å²) in [4.78, 5) is 31.2. The fourth-order valence-electron chi connectivity index (χ4n) is 3.51. The third-order valence-corrected chi connectivity index (χ3v) is 6.79. The van der Waals surface area contributed by atoms with Gasteiger partial charge in [-0.25, -0.2) is 4.98 Å². The molecule has 0 fully saturated rings. The molecule has 0 saturated carbocycles. The van der Waals surface area contributed by atoms with Crippen molar-refractivity contribution in [3.63, 3.8) is 0 Å². The normalized spacial score (nSPS) is 11.8. The summed E-state index contributed by atoms with van der Waals surface area (Å²) in [5.74, 6) is 1.51. The van der Waals surface area contributed by atoms with Crippen LogP contribution in [0.3, 0.4) is 0 Å². The van der Waals surface area contributed by atoms with Crippen molar-refractivity contribution in [3.8, 4) is 17.2 Å². The number of rotatable bonds is 12. The van der Waals surface area contributed by atoms with Gasteiger partial charge in [-0.2, -0.15) is 0 Å². The van der Waals surface area contributed by atoms with Gasteiger partial charge in [0.2, 0.25) is 5.91 Å². The van der Waals surface area contributed by atoms with Crippen LogP contribution in [-0.4, -0.2) is 62.3 Å². The highest BCUT2D eigenvalue weighted by molar-refractivity contribution is 8.00. The zero-order chi connectivity index (χ0) is 25.4. The molecule has 3 rings (SSSR count). The first-order chi connectivity index (χ1) is 16.9. The van der Waals surface area contributed by atoms with E-state index in [1.807, 2.05) is 31.2 Å². The van der Waals surface area contributed by atoms with E-state index in [1.165, 1.54) is 26.0 Å². The van der Waals surface area contributed by atoms with E-state index < -0.39 is 5.25 Å². The lowest BCUT2D eigenvalue weighted by Crippen LogP contribution is -2.35. The molecule has 0 spiro atoms. The summed E-state index contributed by atoms with van der Waals surface area (Å²) < 4.78 is 22.6. The van der Waals surface area contributed by atoms with Crippen molar-refractivity contribution in [1.82, 2.24) is 14.9 Å². The highest BCUT2D eigenvalue weighted by atomic mass is 32.2. The maximum absolute atomic E-state index is 13.7. The van der Waals surface area contributed by atoms with Gasteiger partial charge in [-0.1, -0.05) is 30.8 Å². The van der Waals surface area contributed by atoms with E-state index in [4.69, 9.17) is 23.9 Å². The van der Waals surface area contributed by atoms with Crippen molar-refractivity contribution < 1.29 is 23.7 Å². The van der Waals surface area contributed by atoms with Gasteiger partial charge >= 0.3 is 0 Å². The highest BCUT2D eigenvalue weighted by Crippen LogP contribution is 2.32. The molecule has 2 aromatic carbocycles. The van der Waals surface area contributed by atoms with Gasteiger partial charge in [0, 0.05) is 19.7 Å². The van der Waals surface area contributed by atoms with Gasteiger partial charge in [-0.3, -0.25) is 14.2 Å². The van der Waals surface area contributed by atoms with E-state index in [2.05, 4.69) is 5.32 Å². The first kappa shape index (κ1) is 26.4. The summed E-state index contributed by atoms with van der Waals surface area (Å²) in [7, 11) is 6.23. The molecule has 1 N–H and O–H groups in total. The third kappa shape index (κ3) is 6.26. The number of fused-ring (bicyclic) bond motifs is 1. The van der Waals surface area contributed by atoms with Crippen molar-refractivity contribution in [2.75, 3.05) is 41.6 Å². The summed E-state index contributed by atoms with van der Waals surface area (Å²) >= 11 is 1.26. The SMILES string of the molecule is CC[C@H](Sc1nc2cc(OC)c(OC)cc2c(=O)n1Cc1ccc(OC)cc1)C(=O)NCCOC. The van der Waals surface area contributed by atoms with Gasteiger partial charge in [-0.05, 0) is 30.2 Å². The molecule has 10 heteroatoms. The molecule has 0 aliphatic heterocycles. The lowest BCUT2D eigenvalue weighted by Gasteiger charge is -2.19. The molecule has 1 atom stereocenters. The summed E-state index contributed by atoms with van der Waals surface area (Å²) in [5.41, 5.74) is 1.13. The van der Waals surface area contributed by atoms with Gasteiger partial charge in [-0.15, -0.1) is 0 Å². The Bertz CT molecular complexity index is 1210. The maximum Gasteiger partial charge on any atom is 0.262 e. The van der Waals surface area contributed by atoms with E-state index >= 15 is 0 Å². The van der Waals surface area contributed by atoms with E-state index in [-0.39, 0.29) is 18.0 Å². The lowest BCUT2D eigenvalue weighted by molar-refractivity contribution is -0.120. The predicted octanol–water partition coefficient (Wildman–Crippen LogP) is 3.10. The fourth-order valence-corrected chi connectivity index (χ4v) is 4.55. The number of aromatic nitrogens is 2. The summed E-state index contributed by atoms with van der Waals surface area (Å²) in [6.07, 6.45) is 0.561. The van der Waals surface area contributed by atoms with Gasteiger partial charge in [0.1, 0.15) is 5.75 Å². The lowest BCUT2D eigenvalue weighted by atomic mass is 10.2. The highest BCUT2D eigenvalue weighted by Gasteiger charge is 2.23. The number of benzene rings is 2. The van der Waals surface area contributed by atoms with Crippen LogP contribution < -0.4 is 25.1 Å². The number of carbonyl (C=O) groups is 1. The summed E-state index contributed by atoms with van der Waals surface area (Å²) in [6.45, 7) is 3.04. The second-order valence-electron chi connectivity index (χ2n) is 7.66. The first-order valence-corrected chi connectivity index (χ1v) is 12.1. The average molecular weight is 502 g/mol. The Hall–Kier alpha value is -3.24. The van der Waals surface area contributed by atoms with Crippen LogP contribution in [0.1, 0.15) is 18.9 Å². The van der Waals surface area contributed by atoms with Crippen LogP contribution in [0.4, 0.5) is 0 Å². The molecule has 0 aliphatic rings. The number of hydrogen-bond donors (Lipinski definition) is 1. The van der Waals surface area contributed by atoms with E-state index in [0.29, 0.717) is 47.1 Å². The Kier molecular flexibility index (Phi) is 9.39. The monoisotopic (exact) mass is 501 g/mol. The Balaban J connectivity index is 2.08. The Morgan fingerprint density at radius 2 is 1.74 bits per heavy atom. The minimum absolute atomic E-state index is 0.132. The number of thioether (sulfide) groups is 1. The number of amides is 1. The Morgan fingerprint density at radius 3 is 2.34 bits per heavy atom. The Labute approximate surface area is 208 Å². The number of hydrogen-bond acceptors (Lipinski definition) is 8. The fraction of sp³-hybridized carbons (Fsp3) is 0.400. The van der Waals surface area contributed by atoms with Crippen LogP contribution in [-0.2, 0) is 16.1 Å². The quantitative estimate of drug-likeness (QED) is 0.230. The molecule has 0 bridgehead atoms. The minimum atomic E-state index is -0.432. The van der Waals surface area contributed by atoms with Crippen molar-refractivity contribution in [2.24, 2.45) is 0 Å². The zero-order valence-corrected chi connectivity index (χ0v) is 21.4. The zero-order valence-electron chi connectivity index (χ0n) is 20.6. The van der Waals surface area contributed by atoms with Crippen molar-refractivity contribution in [3.05, 3.63) is 52.3 Å². The predicted molar refractivity (Wildman–Crippen MR) is 136 cm³/mol. The largest absolute Gasteiger partial charge is 0.497 e. The molecule has 1 heterocycles. The number of methoxy groups -OCH3 is 4. The van der Waals surface area contributed by atoms with Gasteiger partial charge in [0.25, 0.3) is 5.56 Å². The van der Waals surface area contributed by atoms with Crippen LogP contribution in [0.25, 0.3) is 10.9 Å². The standard InChI is InChI=1S/C25H31N3O6S/c1-6-22(23(29)26-11-12-31-2)35-25-27-19-14-21(34-5)20(33-4)13-18(19)24(30)28(25)15-16-7-9-17(32-3)10-8-16/h7-10,13-14,22H,6,11-12,15H2,1-5H3,(H,26,29)/t22-/m0/s1.